The van der Waals surface area contributed by atoms with Crippen LogP contribution in [0.15, 0.2) is 12.3 Å². The first kappa shape index (κ1) is 16.3. The van der Waals surface area contributed by atoms with E-state index in [1.54, 1.807) is 4.90 Å². The van der Waals surface area contributed by atoms with E-state index in [9.17, 15) is 23.1 Å². The number of anilines is 1. The predicted molar refractivity (Wildman–Crippen MR) is 75.5 cm³/mol. The number of pyridine rings is 1. The lowest BCUT2D eigenvalue weighted by Gasteiger charge is -2.33. The van der Waals surface area contributed by atoms with Crippen LogP contribution in [0.4, 0.5) is 19.0 Å². The molecule has 0 aromatic carbocycles. The second-order valence-corrected chi connectivity index (χ2v) is 6.30. The number of carboxylic acid groups (broad SMARTS) is 1. The molecule has 0 saturated carbocycles. The predicted octanol–water partition coefficient (Wildman–Crippen LogP) is 2.68. The van der Waals surface area contributed by atoms with Crippen molar-refractivity contribution in [2.45, 2.75) is 12.6 Å². The fraction of sp³-hybridized carbons (Fsp3) is 0.571. The van der Waals surface area contributed by atoms with E-state index in [0.717, 1.165) is 6.07 Å². The zero-order chi connectivity index (χ0) is 16.8. The second-order valence-electron chi connectivity index (χ2n) is 5.89. The van der Waals surface area contributed by atoms with Crippen molar-refractivity contribution in [3.8, 4) is 0 Å². The number of carbonyl (C=O) groups is 1. The van der Waals surface area contributed by atoms with Gasteiger partial charge in [0.05, 0.1) is 22.6 Å². The molecule has 0 aliphatic carbocycles. The van der Waals surface area contributed by atoms with Crippen molar-refractivity contribution in [1.82, 2.24) is 4.98 Å². The Bertz CT molecular complexity index is 640. The summed E-state index contributed by atoms with van der Waals surface area (Å²) in [6.07, 6.45) is -3.45. The second kappa shape index (κ2) is 5.52. The topological polar surface area (TPSA) is 62.7 Å². The highest BCUT2D eigenvalue weighted by Gasteiger charge is 2.54. The van der Waals surface area contributed by atoms with E-state index in [-0.39, 0.29) is 23.3 Å². The van der Waals surface area contributed by atoms with Crippen molar-refractivity contribution in [3.05, 3.63) is 22.8 Å². The van der Waals surface area contributed by atoms with Gasteiger partial charge in [0.15, 0.2) is 0 Å². The first-order chi connectivity index (χ1) is 10.7. The van der Waals surface area contributed by atoms with Crippen LogP contribution in [0.25, 0.3) is 0 Å². The number of hydrogen-bond acceptors (Lipinski definition) is 4. The van der Waals surface area contributed by atoms with Crippen molar-refractivity contribution < 1.29 is 27.8 Å². The van der Waals surface area contributed by atoms with E-state index in [2.05, 4.69) is 4.98 Å². The van der Waals surface area contributed by atoms with E-state index in [0.29, 0.717) is 32.4 Å². The zero-order valence-electron chi connectivity index (χ0n) is 11.9. The summed E-state index contributed by atoms with van der Waals surface area (Å²) >= 11 is 5.96. The summed E-state index contributed by atoms with van der Waals surface area (Å²) in [5.41, 5.74) is -1.90. The molecule has 2 aliphatic rings. The van der Waals surface area contributed by atoms with Crippen LogP contribution in [0, 0.1) is 11.3 Å². The molecule has 1 aromatic heterocycles. The number of aliphatic carboxylic acids is 1. The van der Waals surface area contributed by atoms with Gasteiger partial charge in [-0.15, -0.1) is 0 Å². The molecule has 0 bridgehead atoms. The summed E-state index contributed by atoms with van der Waals surface area (Å²) in [7, 11) is 0. The number of hydrogen-bond donors (Lipinski definition) is 1. The van der Waals surface area contributed by atoms with Crippen LogP contribution in [0.5, 0.6) is 0 Å². The summed E-state index contributed by atoms with van der Waals surface area (Å²) in [5.74, 6) is -0.986. The van der Waals surface area contributed by atoms with Crippen LogP contribution in [0.2, 0.25) is 5.02 Å². The molecule has 2 fully saturated rings. The summed E-state index contributed by atoms with van der Waals surface area (Å²) in [6.45, 7) is 1.16. The molecule has 126 valence electrons. The fourth-order valence-corrected chi connectivity index (χ4v) is 3.57. The third-order valence-electron chi connectivity index (χ3n) is 4.58. The van der Waals surface area contributed by atoms with Crippen LogP contribution in [0.1, 0.15) is 12.0 Å². The molecular weight excluding hydrogens is 337 g/mol. The summed E-state index contributed by atoms with van der Waals surface area (Å²) in [4.78, 5) is 17.2. The molecule has 0 unspecified atom stereocenters. The van der Waals surface area contributed by atoms with E-state index in [1.807, 2.05) is 0 Å². The standard InChI is InChI=1S/C14H14ClF3N2O3/c15-10-3-8(14(16,17)18)4-19-11(10)20-5-9-6-23-2-1-13(9,7-20)12(21)22/h3-4,9H,1-2,5-7H2,(H,21,22)/t9-,13+/m1/s1. The van der Waals surface area contributed by atoms with Gasteiger partial charge < -0.3 is 14.7 Å². The van der Waals surface area contributed by atoms with Crippen molar-refractivity contribution in [2.75, 3.05) is 31.2 Å². The van der Waals surface area contributed by atoms with Crippen molar-refractivity contribution in [3.63, 3.8) is 0 Å². The van der Waals surface area contributed by atoms with Gasteiger partial charge in [-0.05, 0) is 12.5 Å². The first-order valence-electron chi connectivity index (χ1n) is 7.03. The van der Waals surface area contributed by atoms with Gasteiger partial charge in [0.1, 0.15) is 5.82 Å². The minimum absolute atomic E-state index is 0.139. The van der Waals surface area contributed by atoms with Gasteiger partial charge in [0.2, 0.25) is 0 Å². The number of carboxylic acids is 1. The lowest BCUT2D eigenvalue weighted by molar-refractivity contribution is -0.157. The molecule has 0 radical (unpaired) electrons. The third kappa shape index (κ3) is 2.74. The number of halogens is 4. The first-order valence-corrected chi connectivity index (χ1v) is 7.41. The maximum absolute atomic E-state index is 12.7. The minimum Gasteiger partial charge on any atom is -0.481 e. The normalized spacial score (nSPS) is 27.8. The van der Waals surface area contributed by atoms with E-state index >= 15 is 0 Å². The number of fused-ring (bicyclic) bond motifs is 1. The molecule has 1 N–H and O–H groups in total. The number of aromatic nitrogens is 1. The Morgan fingerprint density at radius 1 is 1.52 bits per heavy atom. The monoisotopic (exact) mass is 350 g/mol. The fourth-order valence-electron chi connectivity index (χ4n) is 3.28. The number of alkyl halides is 3. The molecule has 2 atom stereocenters. The average molecular weight is 351 g/mol. The largest absolute Gasteiger partial charge is 0.481 e. The van der Waals surface area contributed by atoms with Crippen molar-refractivity contribution >= 4 is 23.4 Å². The lowest BCUT2D eigenvalue weighted by Crippen LogP contribution is -2.44. The van der Waals surface area contributed by atoms with Gasteiger partial charge in [-0.2, -0.15) is 13.2 Å². The summed E-state index contributed by atoms with van der Waals surface area (Å²) in [6, 6.07) is 0.815. The van der Waals surface area contributed by atoms with Crippen LogP contribution in [0.3, 0.4) is 0 Å². The smallest absolute Gasteiger partial charge is 0.417 e. The molecule has 2 saturated heterocycles. The maximum atomic E-state index is 12.7. The van der Waals surface area contributed by atoms with Gasteiger partial charge in [0.25, 0.3) is 0 Å². The van der Waals surface area contributed by atoms with Crippen LogP contribution >= 0.6 is 11.6 Å². The van der Waals surface area contributed by atoms with Crippen LogP contribution < -0.4 is 4.90 Å². The van der Waals surface area contributed by atoms with Crippen molar-refractivity contribution in [2.24, 2.45) is 11.3 Å². The average Bonchev–Trinajstić information content (AvgIpc) is 2.86. The van der Waals surface area contributed by atoms with E-state index in [4.69, 9.17) is 16.3 Å². The molecule has 2 aliphatic heterocycles. The van der Waals surface area contributed by atoms with Gasteiger partial charge in [-0.1, -0.05) is 11.6 Å². The Labute approximate surface area is 135 Å². The Morgan fingerprint density at radius 3 is 2.83 bits per heavy atom. The van der Waals surface area contributed by atoms with Gasteiger partial charge in [-0.3, -0.25) is 4.79 Å². The molecule has 3 rings (SSSR count). The molecule has 9 heteroatoms. The zero-order valence-corrected chi connectivity index (χ0v) is 12.7. The highest BCUT2D eigenvalue weighted by Crippen LogP contribution is 2.45. The molecule has 5 nitrogen and oxygen atoms in total. The SMILES string of the molecule is O=C(O)[C@]12CCOC[C@H]1CN(c1ncc(C(F)(F)F)cc1Cl)C2. The Kier molecular flexibility index (Phi) is 3.92. The molecule has 1 aromatic rings. The Morgan fingerprint density at radius 2 is 2.26 bits per heavy atom. The summed E-state index contributed by atoms with van der Waals surface area (Å²) in [5, 5.41) is 9.46. The minimum atomic E-state index is -4.52. The molecule has 3 heterocycles. The van der Waals surface area contributed by atoms with E-state index < -0.39 is 23.1 Å². The van der Waals surface area contributed by atoms with Gasteiger partial charge in [-0.25, -0.2) is 4.98 Å². The van der Waals surface area contributed by atoms with Gasteiger partial charge >= 0.3 is 12.1 Å². The highest BCUT2D eigenvalue weighted by molar-refractivity contribution is 6.33. The van der Waals surface area contributed by atoms with Crippen LogP contribution in [-0.4, -0.2) is 42.4 Å². The lowest BCUT2D eigenvalue weighted by atomic mass is 9.74. The molecular formula is C14H14ClF3N2O3. The summed E-state index contributed by atoms with van der Waals surface area (Å²) < 4.78 is 43.4. The van der Waals surface area contributed by atoms with Gasteiger partial charge in [0, 0.05) is 31.8 Å². The molecule has 0 spiro atoms. The van der Waals surface area contributed by atoms with Crippen molar-refractivity contribution in [1.29, 1.82) is 0 Å². The number of ether oxygens (including phenoxy) is 1. The molecule has 0 amide bonds. The Hall–Kier alpha value is -1.54. The van der Waals surface area contributed by atoms with E-state index in [1.165, 1.54) is 0 Å². The third-order valence-corrected chi connectivity index (χ3v) is 4.86. The maximum Gasteiger partial charge on any atom is 0.417 e. The Balaban J connectivity index is 1.90. The number of rotatable bonds is 2. The highest BCUT2D eigenvalue weighted by atomic mass is 35.5. The molecule has 23 heavy (non-hydrogen) atoms. The quantitative estimate of drug-likeness (QED) is 0.888. The number of nitrogens with zero attached hydrogens (tertiary/aromatic N) is 2. The van der Waals surface area contributed by atoms with Crippen LogP contribution in [-0.2, 0) is 15.7 Å².